The van der Waals surface area contributed by atoms with E-state index in [0.717, 1.165) is 31.4 Å². The Morgan fingerprint density at radius 3 is 2.57 bits per heavy atom. The van der Waals surface area contributed by atoms with E-state index in [4.69, 9.17) is 28.9 Å². The summed E-state index contributed by atoms with van der Waals surface area (Å²) in [6, 6.07) is 5.77. The van der Waals surface area contributed by atoms with Gasteiger partial charge in [-0.2, -0.15) is 0 Å². The van der Waals surface area contributed by atoms with E-state index in [9.17, 15) is 4.79 Å². The molecule has 3 nitrogen and oxygen atoms in total. The topological polar surface area (TPSA) is 46.3 Å². The van der Waals surface area contributed by atoms with Crippen LogP contribution in [0, 0.1) is 5.92 Å². The van der Waals surface area contributed by atoms with Gasteiger partial charge in [0.25, 0.3) is 0 Å². The first-order chi connectivity index (χ1) is 9.60. The van der Waals surface area contributed by atoms with Gasteiger partial charge in [0, 0.05) is 35.1 Å². The maximum Gasteiger partial charge on any atom is 0.226 e. The molecule has 21 heavy (non-hydrogen) atoms. The molecule has 1 heterocycles. The predicted octanol–water partition coefficient (Wildman–Crippen LogP) is 3.47. The first-order valence-corrected chi connectivity index (χ1v) is 7.82. The summed E-state index contributed by atoms with van der Waals surface area (Å²) in [5, 5.41) is 1.26. The van der Waals surface area contributed by atoms with Crippen molar-refractivity contribution in [1.29, 1.82) is 0 Å². The molecule has 2 N–H and O–H groups in total. The zero-order chi connectivity index (χ0) is 14.3. The van der Waals surface area contributed by atoms with Gasteiger partial charge in [-0.05, 0) is 48.9 Å². The van der Waals surface area contributed by atoms with Crippen LogP contribution in [0.15, 0.2) is 18.2 Å². The van der Waals surface area contributed by atoms with Gasteiger partial charge in [-0.15, -0.1) is 12.4 Å². The minimum absolute atomic E-state index is 0. The number of amides is 1. The molecule has 0 radical (unpaired) electrons. The molecule has 116 valence electrons. The standard InChI is InChI=1S/C15H18Cl2N2O.ClH/c16-10-4-9(5-11(17)6-10)13-7-14(13)15(20)19-3-1-2-12(19)8-18;/h4-6,12-14H,1-3,7-8,18H2;1H. The van der Waals surface area contributed by atoms with Crippen molar-refractivity contribution >= 4 is 41.5 Å². The monoisotopic (exact) mass is 348 g/mol. The average molecular weight is 350 g/mol. The van der Waals surface area contributed by atoms with Crippen LogP contribution in [0.1, 0.15) is 30.7 Å². The van der Waals surface area contributed by atoms with Crippen molar-refractivity contribution in [3.8, 4) is 0 Å². The summed E-state index contributed by atoms with van der Waals surface area (Å²) in [4.78, 5) is 14.5. The lowest BCUT2D eigenvalue weighted by Gasteiger charge is -2.23. The molecule has 3 rings (SSSR count). The highest BCUT2D eigenvalue weighted by molar-refractivity contribution is 6.34. The van der Waals surface area contributed by atoms with Crippen LogP contribution < -0.4 is 5.73 Å². The number of nitrogens with two attached hydrogens (primary N) is 1. The summed E-state index contributed by atoms with van der Waals surface area (Å²) in [6.45, 7) is 1.41. The second-order valence-corrected chi connectivity index (χ2v) is 6.59. The quantitative estimate of drug-likeness (QED) is 0.908. The molecule has 1 aliphatic carbocycles. The lowest BCUT2D eigenvalue weighted by molar-refractivity contribution is -0.133. The number of carbonyl (C=O) groups is 1. The number of halogens is 3. The molecule has 1 aliphatic heterocycles. The highest BCUT2D eigenvalue weighted by atomic mass is 35.5. The molecule has 6 heteroatoms. The summed E-state index contributed by atoms with van der Waals surface area (Å²) >= 11 is 12.1. The van der Waals surface area contributed by atoms with Gasteiger partial charge in [-0.1, -0.05) is 23.2 Å². The van der Waals surface area contributed by atoms with E-state index in [1.165, 1.54) is 0 Å². The smallest absolute Gasteiger partial charge is 0.226 e. The molecule has 3 unspecified atom stereocenters. The predicted molar refractivity (Wildman–Crippen MR) is 88.3 cm³/mol. The van der Waals surface area contributed by atoms with Crippen LogP contribution in [-0.4, -0.2) is 29.9 Å². The lowest BCUT2D eigenvalue weighted by Crippen LogP contribution is -2.40. The molecule has 1 saturated carbocycles. The van der Waals surface area contributed by atoms with E-state index >= 15 is 0 Å². The third-order valence-electron chi connectivity index (χ3n) is 4.35. The summed E-state index contributed by atoms with van der Waals surface area (Å²) < 4.78 is 0. The fraction of sp³-hybridized carbons (Fsp3) is 0.533. The van der Waals surface area contributed by atoms with Crippen LogP contribution in [0.4, 0.5) is 0 Å². The summed E-state index contributed by atoms with van der Waals surface area (Å²) in [5.74, 6) is 0.591. The van der Waals surface area contributed by atoms with Crippen molar-refractivity contribution in [2.45, 2.75) is 31.2 Å². The molecular weight excluding hydrogens is 331 g/mol. The van der Waals surface area contributed by atoms with Gasteiger partial charge in [-0.25, -0.2) is 0 Å². The fourth-order valence-corrected chi connectivity index (χ4v) is 3.75. The Bertz CT molecular complexity index is 517. The van der Waals surface area contributed by atoms with Crippen LogP contribution in [0.2, 0.25) is 10.0 Å². The van der Waals surface area contributed by atoms with E-state index < -0.39 is 0 Å². The Kier molecular flexibility index (Phi) is 5.42. The molecule has 0 aromatic heterocycles. The van der Waals surface area contributed by atoms with Gasteiger partial charge in [0.2, 0.25) is 5.91 Å². The highest BCUT2D eigenvalue weighted by Gasteiger charge is 2.47. The van der Waals surface area contributed by atoms with Crippen molar-refractivity contribution in [3.63, 3.8) is 0 Å². The van der Waals surface area contributed by atoms with Gasteiger partial charge < -0.3 is 10.6 Å². The minimum atomic E-state index is 0. The molecule has 0 spiro atoms. The third kappa shape index (κ3) is 3.48. The summed E-state index contributed by atoms with van der Waals surface area (Å²) in [6.07, 6.45) is 2.99. The van der Waals surface area contributed by atoms with Crippen molar-refractivity contribution in [1.82, 2.24) is 4.90 Å². The van der Waals surface area contributed by atoms with E-state index in [0.29, 0.717) is 16.6 Å². The normalized spacial score (nSPS) is 27.4. The van der Waals surface area contributed by atoms with Crippen LogP contribution in [-0.2, 0) is 4.79 Å². The molecule has 1 aromatic carbocycles. The van der Waals surface area contributed by atoms with Crippen molar-refractivity contribution in [2.75, 3.05) is 13.1 Å². The maximum atomic E-state index is 12.5. The molecule has 2 aliphatic rings. The first kappa shape index (κ1) is 16.9. The third-order valence-corrected chi connectivity index (χ3v) is 4.79. The van der Waals surface area contributed by atoms with Crippen molar-refractivity contribution < 1.29 is 4.79 Å². The molecule has 2 fully saturated rings. The number of benzene rings is 1. The second-order valence-electron chi connectivity index (χ2n) is 5.71. The van der Waals surface area contributed by atoms with E-state index in [-0.39, 0.29) is 36.2 Å². The molecule has 3 atom stereocenters. The minimum Gasteiger partial charge on any atom is -0.338 e. The number of carbonyl (C=O) groups excluding carboxylic acids is 1. The number of likely N-dealkylation sites (tertiary alicyclic amines) is 1. The van der Waals surface area contributed by atoms with Gasteiger partial charge >= 0.3 is 0 Å². The van der Waals surface area contributed by atoms with Gasteiger partial charge in [0.05, 0.1) is 0 Å². The van der Waals surface area contributed by atoms with Crippen molar-refractivity contribution in [3.05, 3.63) is 33.8 Å². The SMILES string of the molecule is Cl.NCC1CCCN1C(=O)C1CC1c1cc(Cl)cc(Cl)c1. The number of rotatable bonds is 3. The van der Waals surface area contributed by atoms with Crippen LogP contribution in [0.3, 0.4) is 0 Å². The zero-order valence-corrected chi connectivity index (χ0v) is 13.9. The van der Waals surface area contributed by atoms with Crippen LogP contribution >= 0.6 is 35.6 Å². The maximum absolute atomic E-state index is 12.5. The Morgan fingerprint density at radius 2 is 1.95 bits per heavy atom. The van der Waals surface area contributed by atoms with Gasteiger partial charge in [-0.3, -0.25) is 4.79 Å². The van der Waals surface area contributed by atoms with Gasteiger partial charge in [0.15, 0.2) is 0 Å². The zero-order valence-electron chi connectivity index (χ0n) is 11.6. The molecule has 1 amide bonds. The second kappa shape index (κ2) is 6.74. The Hall–Kier alpha value is -0.480. The van der Waals surface area contributed by atoms with E-state index in [1.54, 1.807) is 6.07 Å². The molecular formula is C15H19Cl3N2O. The fourth-order valence-electron chi connectivity index (χ4n) is 3.21. The van der Waals surface area contributed by atoms with Crippen molar-refractivity contribution in [2.24, 2.45) is 11.7 Å². The Morgan fingerprint density at radius 1 is 1.29 bits per heavy atom. The summed E-state index contributed by atoms with van der Waals surface area (Å²) in [5.41, 5.74) is 6.81. The number of nitrogens with zero attached hydrogens (tertiary/aromatic N) is 1. The lowest BCUT2D eigenvalue weighted by atomic mass is 10.1. The Balaban J connectivity index is 0.00000161. The summed E-state index contributed by atoms with van der Waals surface area (Å²) in [7, 11) is 0. The number of hydrogen-bond donors (Lipinski definition) is 1. The number of hydrogen-bond acceptors (Lipinski definition) is 2. The van der Waals surface area contributed by atoms with E-state index in [1.807, 2.05) is 17.0 Å². The van der Waals surface area contributed by atoms with Crippen LogP contribution in [0.5, 0.6) is 0 Å². The van der Waals surface area contributed by atoms with Crippen LogP contribution in [0.25, 0.3) is 0 Å². The molecule has 0 bridgehead atoms. The first-order valence-electron chi connectivity index (χ1n) is 7.06. The van der Waals surface area contributed by atoms with E-state index in [2.05, 4.69) is 0 Å². The largest absolute Gasteiger partial charge is 0.338 e. The Labute approximate surface area is 141 Å². The molecule has 1 saturated heterocycles. The molecule has 1 aromatic rings. The highest BCUT2D eigenvalue weighted by Crippen LogP contribution is 2.50. The average Bonchev–Trinajstić information content (AvgIpc) is 3.06. The van der Waals surface area contributed by atoms with Gasteiger partial charge in [0.1, 0.15) is 0 Å².